The zero-order valence-electron chi connectivity index (χ0n) is 33.8. The van der Waals surface area contributed by atoms with Crippen molar-refractivity contribution in [1.29, 1.82) is 0 Å². The van der Waals surface area contributed by atoms with Crippen LogP contribution in [0.25, 0.3) is 0 Å². The Hall–Kier alpha value is -2.18. The number of ketones is 1. The van der Waals surface area contributed by atoms with Gasteiger partial charge in [-0.2, -0.15) is 0 Å². The van der Waals surface area contributed by atoms with E-state index in [0.717, 1.165) is 75.1 Å². The molecule has 2 unspecified atom stereocenters. The molecule has 0 spiro atoms. The first kappa shape index (κ1) is 39.5. The van der Waals surface area contributed by atoms with E-state index < -0.39 is 17.4 Å². The average Bonchev–Trinajstić information content (AvgIpc) is 3.35. The molecular formula is C45H66ClNO5. The lowest BCUT2D eigenvalue weighted by Gasteiger charge is -2.72. The summed E-state index contributed by atoms with van der Waals surface area (Å²) in [5.41, 5.74) is 2.94. The summed E-state index contributed by atoms with van der Waals surface area (Å²) in [6, 6.07) is 8.16. The number of carboxylic acids is 1. The number of benzene rings is 1. The summed E-state index contributed by atoms with van der Waals surface area (Å²) in [6.45, 7) is 21.9. The van der Waals surface area contributed by atoms with Crippen LogP contribution < -0.4 is 0 Å². The first-order chi connectivity index (χ1) is 24.1. The van der Waals surface area contributed by atoms with Gasteiger partial charge in [0.2, 0.25) is 0 Å². The molecule has 0 aromatic heterocycles. The molecule has 8 atom stereocenters. The molecule has 6 nitrogen and oxygen atoms in total. The zero-order valence-corrected chi connectivity index (χ0v) is 34.5. The first-order valence-electron chi connectivity index (χ1n) is 20.2. The number of allylic oxidation sites excluding steroid dienone is 2. The van der Waals surface area contributed by atoms with Gasteiger partial charge >= 0.3 is 11.9 Å². The largest absolute Gasteiger partial charge is 0.481 e. The molecule has 7 heteroatoms. The number of hydrogen-bond donors (Lipinski definition) is 1. The van der Waals surface area contributed by atoms with Gasteiger partial charge in [-0.25, -0.2) is 0 Å². The highest BCUT2D eigenvalue weighted by Gasteiger charge is 2.70. The van der Waals surface area contributed by atoms with E-state index in [4.69, 9.17) is 16.3 Å². The number of rotatable bonds is 10. The molecule has 0 amide bonds. The highest BCUT2D eigenvalue weighted by Crippen LogP contribution is 2.77. The monoisotopic (exact) mass is 735 g/mol. The second-order valence-corrected chi connectivity index (χ2v) is 20.7. The summed E-state index contributed by atoms with van der Waals surface area (Å²) in [4.78, 5) is 41.3. The second-order valence-electron chi connectivity index (χ2n) is 20.3. The molecule has 1 aromatic rings. The van der Waals surface area contributed by atoms with Crippen molar-refractivity contribution in [2.45, 2.75) is 146 Å². The fraction of sp³-hybridized carbons (Fsp3) is 0.756. The fourth-order valence-electron chi connectivity index (χ4n) is 13.3. The topological polar surface area (TPSA) is 83.9 Å². The van der Waals surface area contributed by atoms with Crippen LogP contribution in [0.1, 0.15) is 139 Å². The van der Waals surface area contributed by atoms with Crippen molar-refractivity contribution in [3.63, 3.8) is 0 Å². The predicted molar refractivity (Wildman–Crippen MR) is 208 cm³/mol. The number of fused-ring (bicyclic) bond motifs is 7. The van der Waals surface area contributed by atoms with Crippen LogP contribution in [0.2, 0.25) is 5.02 Å². The Morgan fingerprint density at radius 3 is 2.25 bits per heavy atom. The van der Waals surface area contributed by atoms with Crippen LogP contribution in [0, 0.1) is 56.2 Å². The van der Waals surface area contributed by atoms with E-state index >= 15 is 0 Å². The van der Waals surface area contributed by atoms with Crippen LogP contribution in [0.3, 0.4) is 0 Å². The lowest BCUT2D eigenvalue weighted by atomic mass is 9.33. The number of carbonyl (C=O) groups is 3. The number of Topliss-reactive ketones (excluding diaryl/α,β-unsaturated/α-hetero) is 1. The minimum absolute atomic E-state index is 0.0431. The molecule has 5 aliphatic carbocycles. The Labute approximate surface area is 318 Å². The number of carboxylic acid groups (broad SMARTS) is 1. The molecule has 4 fully saturated rings. The maximum atomic E-state index is 14.1. The van der Waals surface area contributed by atoms with Crippen molar-refractivity contribution in [2.75, 3.05) is 13.6 Å². The number of halogens is 1. The van der Waals surface area contributed by atoms with Crippen LogP contribution >= 0.6 is 11.6 Å². The van der Waals surface area contributed by atoms with Crippen LogP contribution in [-0.4, -0.2) is 47.4 Å². The van der Waals surface area contributed by atoms with Gasteiger partial charge in [-0.3, -0.25) is 14.4 Å². The predicted octanol–water partition coefficient (Wildman–Crippen LogP) is 10.6. The summed E-state index contributed by atoms with van der Waals surface area (Å²) < 4.78 is 6.18. The van der Waals surface area contributed by atoms with E-state index in [1.54, 1.807) is 19.4 Å². The molecule has 52 heavy (non-hydrogen) atoms. The van der Waals surface area contributed by atoms with Gasteiger partial charge in [-0.05, 0) is 148 Å². The van der Waals surface area contributed by atoms with Gasteiger partial charge in [0.1, 0.15) is 6.10 Å². The molecule has 0 aliphatic heterocycles. The Morgan fingerprint density at radius 1 is 0.942 bits per heavy atom. The fourth-order valence-corrected chi connectivity index (χ4v) is 13.4. The molecule has 288 valence electrons. The van der Waals surface area contributed by atoms with Crippen molar-refractivity contribution in [1.82, 2.24) is 4.90 Å². The normalized spacial score (nSPS) is 37.0. The molecule has 4 saturated carbocycles. The number of hydrogen-bond acceptors (Lipinski definition) is 5. The van der Waals surface area contributed by atoms with E-state index in [9.17, 15) is 19.5 Å². The van der Waals surface area contributed by atoms with E-state index in [1.807, 2.05) is 12.1 Å². The molecule has 0 heterocycles. The number of nitrogens with zero attached hydrogens (tertiary/aromatic N) is 1. The van der Waals surface area contributed by atoms with E-state index in [2.05, 4.69) is 72.5 Å². The van der Waals surface area contributed by atoms with Crippen molar-refractivity contribution in [3.05, 3.63) is 46.0 Å². The van der Waals surface area contributed by atoms with Gasteiger partial charge in [-0.1, -0.05) is 77.8 Å². The van der Waals surface area contributed by atoms with E-state index in [0.29, 0.717) is 30.0 Å². The second kappa shape index (κ2) is 13.5. The third-order valence-electron chi connectivity index (χ3n) is 16.3. The van der Waals surface area contributed by atoms with Crippen molar-refractivity contribution in [2.24, 2.45) is 56.2 Å². The number of esters is 1. The molecule has 0 radical (unpaired) electrons. The standard InChI is InChI=1S/C45H66ClNO5/c1-28(2)37-32(48)25-45(23-24-47(10)27-29-11-13-30(46)14-12-29)22-21-43(8)31(38(37)45)15-16-34-42(7)19-18-35(52-36(49)26-40(3,4)39(50)51)41(5,6)33(42)17-20-44(34,43)9/h11-14,28,31,33-35H,15-27H2,1-10H3,(H,50,51)/t31-,33?,34?,35+,42+,43-,44-,45-/m1/s1. The van der Waals surface area contributed by atoms with Gasteiger partial charge in [-0.15, -0.1) is 0 Å². The van der Waals surface area contributed by atoms with Gasteiger partial charge in [0, 0.05) is 28.8 Å². The highest BCUT2D eigenvalue weighted by molar-refractivity contribution is 6.30. The van der Waals surface area contributed by atoms with Crippen molar-refractivity contribution >= 4 is 29.3 Å². The summed E-state index contributed by atoms with van der Waals surface area (Å²) in [6.07, 6.45) is 10.0. The van der Waals surface area contributed by atoms with Crippen LogP contribution in [0.15, 0.2) is 35.4 Å². The molecule has 6 rings (SSSR count). The van der Waals surface area contributed by atoms with Crippen molar-refractivity contribution < 1.29 is 24.2 Å². The molecular weight excluding hydrogens is 670 g/mol. The highest BCUT2D eigenvalue weighted by atomic mass is 35.5. The molecule has 5 aliphatic rings. The lowest BCUT2D eigenvalue weighted by Crippen LogP contribution is -2.65. The van der Waals surface area contributed by atoms with Gasteiger partial charge in [0.05, 0.1) is 11.8 Å². The summed E-state index contributed by atoms with van der Waals surface area (Å²) in [5, 5.41) is 10.4. The Morgan fingerprint density at radius 2 is 1.62 bits per heavy atom. The summed E-state index contributed by atoms with van der Waals surface area (Å²) in [5.74, 6) is 0.655. The Kier molecular flexibility index (Phi) is 10.3. The molecule has 0 saturated heterocycles. The smallest absolute Gasteiger partial charge is 0.309 e. The first-order valence-corrected chi connectivity index (χ1v) is 20.6. The Bertz CT molecular complexity index is 1610. The van der Waals surface area contributed by atoms with Crippen LogP contribution in [-0.2, 0) is 25.7 Å². The molecule has 1 N–H and O–H groups in total. The molecule has 0 bridgehead atoms. The SMILES string of the molecule is CC(C)C1=C2[C@H]3CCC4[C@@]5(C)CC[C@H](OC(=O)CC(C)(C)C(=O)O)C(C)(C)C5CC[C@@]4(C)[C@]3(C)CC[C@@]2(CCN(C)Cc2ccc(Cl)cc2)CC1=O. The summed E-state index contributed by atoms with van der Waals surface area (Å²) in [7, 11) is 2.21. The Balaban J connectivity index is 1.25. The van der Waals surface area contributed by atoms with Gasteiger partial charge in [0.25, 0.3) is 0 Å². The van der Waals surface area contributed by atoms with Gasteiger partial charge < -0.3 is 14.7 Å². The average molecular weight is 736 g/mol. The maximum Gasteiger partial charge on any atom is 0.309 e. The maximum absolute atomic E-state index is 14.1. The quantitative estimate of drug-likeness (QED) is 0.241. The summed E-state index contributed by atoms with van der Waals surface area (Å²) >= 11 is 6.16. The van der Waals surface area contributed by atoms with E-state index in [1.165, 1.54) is 12.0 Å². The number of aliphatic carboxylic acids is 1. The van der Waals surface area contributed by atoms with Crippen LogP contribution in [0.4, 0.5) is 0 Å². The van der Waals surface area contributed by atoms with Crippen molar-refractivity contribution in [3.8, 4) is 0 Å². The van der Waals surface area contributed by atoms with Gasteiger partial charge in [0.15, 0.2) is 5.78 Å². The minimum atomic E-state index is -1.15. The number of carbonyl (C=O) groups excluding carboxylic acids is 2. The minimum Gasteiger partial charge on any atom is -0.481 e. The van der Waals surface area contributed by atoms with E-state index in [-0.39, 0.29) is 45.5 Å². The zero-order chi connectivity index (χ0) is 38.2. The lowest BCUT2D eigenvalue weighted by molar-refractivity contribution is -0.233. The number of ether oxygens (including phenoxy) is 1. The third-order valence-corrected chi connectivity index (χ3v) is 16.5. The van der Waals surface area contributed by atoms with Crippen LogP contribution in [0.5, 0.6) is 0 Å². The molecule has 1 aromatic carbocycles. The third kappa shape index (κ3) is 6.32.